The van der Waals surface area contributed by atoms with Crippen molar-refractivity contribution in [1.29, 1.82) is 0 Å². The topological polar surface area (TPSA) is 26.0 Å². The summed E-state index contributed by atoms with van der Waals surface area (Å²) >= 11 is 5.68. The minimum Gasteiger partial charge on any atom is -0.323 e. The second-order valence-corrected chi connectivity index (χ2v) is 4.89. The molecule has 1 rings (SSSR count). The molecule has 1 aromatic carbocycles. The summed E-state index contributed by atoms with van der Waals surface area (Å²) in [5.74, 6) is -0.406. The molecular weight excluding hydrogens is 201 g/mol. The third kappa shape index (κ3) is 2.25. The van der Waals surface area contributed by atoms with Gasteiger partial charge >= 0.3 is 0 Å². The van der Waals surface area contributed by atoms with Gasteiger partial charge in [0.1, 0.15) is 5.82 Å². The standard InChI is InChI=1S/C11H15ClFN/c1-11(2,3)10(14)7-5-4-6-8(12)9(7)13/h4-6,10H,14H2,1-3H3/t10-/m1/s1. The molecule has 0 aliphatic carbocycles. The van der Waals surface area contributed by atoms with E-state index in [9.17, 15) is 4.39 Å². The van der Waals surface area contributed by atoms with Gasteiger partial charge in [0.25, 0.3) is 0 Å². The quantitative estimate of drug-likeness (QED) is 0.762. The zero-order valence-corrected chi connectivity index (χ0v) is 9.40. The fraction of sp³-hybridized carbons (Fsp3) is 0.455. The fourth-order valence-corrected chi connectivity index (χ4v) is 1.41. The molecule has 3 heteroatoms. The summed E-state index contributed by atoms with van der Waals surface area (Å²) < 4.78 is 13.6. The van der Waals surface area contributed by atoms with Gasteiger partial charge in [0, 0.05) is 11.6 Å². The van der Waals surface area contributed by atoms with Gasteiger partial charge in [0.15, 0.2) is 0 Å². The van der Waals surface area contributed by atoms with E-state index in [-0.39, 0.29) is 16.5 Å². The van der Waals surface area contributed by atoms with E-state index < -0.39 is 5.82 Å². The largest absolute Gasteiger partial charge is 0.323 e. The van der Waals surface area contributed by atoms with Gasteiger partial charge in [-0.3, -0.25) is 0 Å². The molecular formula is C11H15ClFN. The Morgan fingerprint density at radius 2 is 1.93 bits per heavy atom. The minimum atomic E-state index is -0.406. The van der Waals surface area contributed by atoms with Crippen LogP contribution in [0.5, 0.6) is 0 Å². The van der Waals surface area contributed by atoms with Gasteiger partial charge in [-0.05, 0) is 11.5 Å². The molecule has 0 spiro atoms. The molecule has 2 N–H and O–H groups in total. The van der Waals surface area contributed by atoms with Gasteiger partial charge in [0.05, 0.1) is 5.02 Å². The number of rotatable bonds is 1. The normalized spacial score (nSPS) is 14.1. The number of hydrogen-bond acceptors (Lipinski definition) is 1. The molecule has 0 saturated heterocycles. The number of benzene rings is 1. The van der Waals surface area contributed by atoms with Crippen molar-refractivity contribution in [2.24, 2.45) is 11.1 Å². The highest BCUT2D eigenvalue weighted by Crippen LogP contribution is 2.33. The van der Waals surface area contributed by atoms with Crippen LogP contribution < -0.4 is 5.73 Å². The summed E-state index contributed by atoms with van der Waals surface area (Å²) in [5, 5.41) is 0.127. The van der Waals surface area contributed by atoms with Crippen molar-refractivity contribution in [1.82, 2.24) is 0 Å². The van der Waals surface area contributed by atoms with Crippen molar-refractivity contribution in [3.63, 3.8) is 0 Å². The van der Waals surface area contributed by atoms with Crippen LogP contribution in [-0.4, -0.2) is 0 Å². The van der Waals surface area contributed by atoms with Crippen molar-refractivity contribution in [2.75, 3.05) is 0 Å². The van der Waals surface area contributed by atoms with E-state index in [0.29, 0.717) is 5.56 Å². The van der Waals surface area contributed by atoms with Gasteiger partial charge in [-0.1, -0.05) is 44.5 Å². The highest BCUT2D eigenvalue weighted by Gasteiger charge is 2.25. The summed E-state index contributed by atoms with van der Waals surface area (Å²) in [6, 6.07) is 4.57. The summed E-state index contributed by atoms with van der Waals surface area (Å²) in [5.41, 5.74) is 6.24. The van der Waals surface area contributed by atoms with Crippen LogP contribution in [0.2, 0.25) is 5.02 Å². The summed E-state index contributed by atoms with van der Waals surface area (Å²) in [6.45, 7) is 5.91. The Bertz CT molecular complexity index is 331. The molecule has 1 aromatic rings. The van der Waals surface area contributed by atoms with Crippen LogP contribution in [0.3, 0.4) is 0 Å². The minimum absolute atomic E-state index is 0.127. The summed E-state index contributed by atoms with van der Waals surface area (Å²) in [7, 11) is 0. The molecule has 1 atom stereocenters. The average molecular weight is 216 g/mol. The van der Waals surface area contributed by atoms with Crippen LogP contribution in [0.15, 0.2) is 18.2 Å². The third-order valence-corrected chi connectivity index (χ3v) is 2.54. The molecule has 0 radical (unpaired) electrons. The number of hydrogen-bond donors (Lipinski definition) is 1. The molecule has 0 amide bonds. The molecule has 1 nitrogen and oxygen atoms in total. The van der Waals surface area contributed by atoms with Crippen LogP contribution >= 0.6 is 11.6 Å². The Morgan fingerprint density at radius 3 is 2.43 bits per heavy atom. The Hall–Kier alpha value is -0.600. The van der Waals surface area contributed by atoms with E-state index in [1.165, 1.54) is 6.07 Å². The molecule has 0 aliphatic heterocycles. The molecule has 14 heavy (non-hydrogen) atoms. The highest BCUT2D eigenvalue weighted by molar-refractivity contribution is 6.30. The predicted octanol–water partition coefficient (Wildman–Crippen LogP) is 3.53. The van der Waals surface area contributed by atoms with Crippen LogP contribution in [0.4, 0.5) is 4.39 Å². The van der Waals surface area contributed by atoms with Crippen molar-refractivity contribution in [3.8, 4) is 0 Å². The van der Waals surface area contributed by atoms with Crippen LogP contribution in [-0.2, 0) is 0 Å². The van der Waals surface area contributed by atoms with E-state index in [2.05, 4.69) is 0 Å². The lowest BCUT2D eigenvalue weighted by Gasteiger charge is -2.27. The van der Waals surface area contributed by atoms with E-state index in [4.69, 9.17) is 17.3 Å². The summed E-state index contributed by atoms with van der Waals surface area (Å²) in [4.78, 5) is 0. The molecule has 78 valence electrons. The zero-order chi connectivity index (χ0) is 10.9. The van der Waals surface area contributed by atoms with Gasteiger partial charge in [-0.2, -0.15) is 0 Å². The first-order chi connectivity index (χ1) is 6.34. The lowest BCUT2D eigenvalue weighted by Crippen LogP contribution is -2.27. The molecule has 0 bridgehead atoms. The maximum atomic E-state index is 13.6. The average Bonchev–Trinajstić information content (AvgIpc) is 2.07. The van der Waals surface area contributed by atoms with Crippen molar-refractivity contribution >= 4 is 11.6 Å². The van der Waals surface area contributed by atoms with E-state index >= 15 is 0 Å². The number of nitrogens with two attached hydrogens (primary N) is 1. The zero-order valence-electron chi connectivity index (χ0n) is 8.64. The SMILES string of the molecule is CC(C)(C)[C@H](N)c1cccc(Cl)c1F. The summed E-state index contributed by atoms with van der Waals surface area (Å²) in [6.07, 6.45) is 0. The van der Waals surface area contributed by atoms with Crippen molar-refractivity contribution in [3.05, 3.63) is 34.6 Å². The highest BCUT2D eigenvalue weighted by atomic mass is 35.5. The predicted molar refractivity (Wildman–Crippen MR) is 57.8 cm³/mol. The molecule has 0 fully saturated rings. The van der Waals surface area contributed by atoms with Gasteiger partial charge in [-0.25, -0.2) is 4.39 Å². The molecule has 0 heterocycles. The molecule has 0 aromatic heterocycles. The smallest absolute Gasteiger partial charge is 0.146 e. The van der Waals surface area contributed by atoms with Crippen molar-refractivity contribution < 1.29 is 4.39 Å². The van der Waals surface area contributed by atoms with Gasteiger partial charge in [0.2, 0.25) is 0 Å². The van der Waals surface area contributed by atoms with Crippen LogP contribution in [0, 0.1) is 11.2 Å². The monoisotopic (exact) mass is 215 g/mol. The second-order valence-electron chi connectivity index (χ2n) is 4.49. The van der Waals surface area contributed by atoms with Crippen LogP contribution in [0.25, 0.3) is 0 Å². The molecule has 0 unspecified atom stereocenters. The van der Waals surface area contributed by atoms with Gasteiger partial charge in [-0.15, -0.1) is 0 Å². The van der Waals surface area contributed by atoms with E-state index in [0.717, 1.165) is 0 Å². The van der Waals surface area contributed by atoms with E-state index in [1.54, 1.807) is 12.1 Å². The van der Waals surface area contributed by atoms with E-state index in [1.807, 2.05) is 20.8 Å². The van der Waals surface area contributed by atoms with Gasteiger partial charge < -0.3 is 5.73 Å². The first-order valence-corrected chi connectivity index (χ1v) is 4.91. The Kier molecular flexibility index (Phi) is 3.17. The first-order valence-electron chi connectivity index (χ1n) is 4.53. The second kappa shape index (κ2) is 3.87. The third-order valence-electron chi connectivity index (χ3n) is 2.25. The maximum absolute atomic E-state index is 13.6. The Balaban J connectivity index is 3.14. The Morgan fingerprint density at radius 1 is 1.36 bits per heavy atom. The molecule has 0 aliphatic rings. The van der Waals surface area contributed by atoms with Crippen molar-refractivity contribution in [2.45, 2.75) is 26.8 Å². The lowest BCUT2D eigenvalue weighted by atomic mass is 9.83. The first kappa shape index (κ1) is 11.5. The maximum Gasteiger partial charge on any atom is 0.146 e. The number of halogens is 2. The molecule has 0 saturated carbocycles. The van der Waals surface area contributed by atoms with Crippen LogP contribution in [0.1, 0.15) is 32.4 Å². The fourth-order valence-electron chi connectivity index (χ4n) is 1.23. The Labute approximate surface area is 89.1 Å². The lowest BCUT2D eigenvalue weighted by molar-refractivity contribution is 0.319.